The summed E-state index contributed by atoms with van der Waals surface area (Å²) < 4.78 is -0.0431. The van der Waals surface area contributed by atoms with E-state index in [0.29, 0.717) is 6.54 Å². The number of quaternary nitrogens is 1. The van der Waals surface area contributed by atoms with Crippen LogP contribution in [0, 0.1) is 0 Å². The Kier molecular flexibility index (Phi) is 21.7. The molecule has 3 atom stereocenters. The molecule has 0 amide bonds. The molecule has 0 aromatic heterocycles. The lowest BCUT2D eigenvalue weighted by Gasteiger charge is -2.45. The van der Waals surface area contributed by atoms with Crippen LogP contribution in [0.25, 0.3) is 0 Å². The minimum Gasteiger partial charge on any atom is -1.00 e. The van der Waals surface area contributed by atoms with Crippen LogP contribution < -0.4 is 12.4 Å². The smallest absolute Gasteiger partial charge is 0.191 e. The Bertz CT molecular complexity index is 316. The lowest BCUT2D eigenvalue weighted by atomic mass is 10.0. The molecule has 0 aromatic rings. The number of aliphatic hydroxyl groups excluding tert-OH is 3. The van der Waals surface area contributed by atoms with Gasteiger partial charge in [0.05, 0.1) is 6.54 Å². The van der Waals surface area contributed by atoms with Gasteiger partial charge in [-0.25, -0.2) is 4.48 Å². The first-order chi connectivity index (χ1) is 13.4. The molecule has 3 N–H and O–H groups in total. The molecule has 0 spiro atoms. The van der Waals surface area contributed by atoms with Gasteiger partial charge in [0.15, 0.2) is 18.7 Å². The van der Waals surface area contributed by atoms with Crippen LogP contribution in [0.15, 0.2) is 0 Å². The van der Waals surface area contributed by atoms with Crippen molar-refractivity contribution in [2.45, 2.75) is 149 Å². The monoisotopic (exact) mass is 437 g/mol. The molecule has 0 saturated carbocycles. The van der Waals surface area contributed by atoms with Crippen LogP contribution in [0.5, 0.6) is 0 Å². The number of unbranched alkanes of at least 4 members (excludes halogenated alkanes) is 15. The van der Waals surface area contributed by atoms with Crippen molar-refractivity contribution < 1.29 is 32.2 Å². The average Bonchev–Trinajstić information content (AvgIpc) is 2.63. The van der Waals surface area contributed by atoms with E-state index in [9.17, 15) is 15.3 Å². The van der Waals surface area contributed by atoms with Gasteiger partial charge in [0.2, 0.25) is 0 Å². The second-order valence-corrected chi connectivity index (χ2v) is 8.92. The lowest BCUT2D eigenvalue weighted by Crippen LogP contribution is -3.00. The van der Waals surface area contributed by atoms with Crippen LogP contribution in [0.3, 0.4) is 0 Å². The average molecular weight is 438 g/mol. The Morgan fingerprint density at radius 3 is 0.966 bits per heavy atom. The summed E-state index contributed by atoms with van der Waals surface area (Å²) in [7, 11) is 0. The maximum Gasteiger partial charge on any atom is 0.191 e. The molecule has 0 aliphatic rings. The molecular formula is C24H52ClNO3. The summed E-state index contributed by atoms with van der Waals surface area (Å²) in [6.07, 6.45) is 18.9. The Morgan fingerprint density at radius 2 is 0.724 bits per heavy atom. The molecule has 0 radical (unpaired) electrons. The second kappa shape index (κ2) is 20.1. The van der Waals surface area contributed by atoms with Gasteiger partial charge in [-0.15, -0.1) is 0 Å². The van der Waals surface area contributed by atoms with E-state index >= 15 is 0 Å². The van der Waals surface area contributed by atoms with Crippen LogP contribution in [-0.4, -0.2) is 45.0 Å². The van der Waals surface area contributed by atoms with E-state index in [2.05, 4.69) is 6.92 Å². The minimum atomic E-state index is -0.767. The van der Waals surface area contributed by atoms with Gasteiger partial charge in [-0.3, -0.25) is 0 Å². The Labute approximate surface area is 188 Å². The third-order valence-corrected chi connectivity index (χ3v) is 6.49. The standard InChI is InChI=1S/C24H52NO3.ClH/c1-5-6-7-8-9-10-11-12-13-14-15-16-17-18-19-20-21-25(22(2)26,23(3)27)24(4)28;/h22-24,26-28H,5-21H2,1-4H3;1H/q+1;/p-1. The number of nitrogens with zero attached hydrogens (tertiary/aromatic N) is 1. The summed E-state index contributed by atoms with van der Waals surface area (Å²) in [4.78, 5) is 0. The maximum absolute atomic E-state index is 10.1. The van der Waals surface area contributed by atoms with E-state index in [1.807, 2.05) is 0 Å². The van der Waals surface area contributed by atoms with Crippen LogP contribution in [0.4, 0.5) is 0 Å². The molecule has 0 fully saturated rings. The summed E-state index contributed by atoms with van der Waals surface area (Å²) >= 11 is 0. The normalized spacial score (nSPS) is 16.7. The van der Waals surface area contributed by atoms with E-state index in [4.69, 9.17) is 0 Å². The van der Waals surface area contributed by atoms with Crippen molar-refractivity contribution in [2.24, 2.45) is 0 Å². The minimum absolute atomic E-state index is 0. The van der Waals surface area contributed by atoms with E-state index in [-0.39, 0.29) is 16.9 Å². The SMILES string of the molecule is CCCCCCCCCCCCCCCCCC[N+](C(C)O)(C(C)O)C(C)O.[Cl-]. The Hall–Kier alpha value is 0.130. The highest BCUT2D eigenvalue weighted by Crippen LogP contribution is 2.23. The maximum atomic E-state index is 10.1. The van der Waals surface area contributed by atoms with Gasteiger partial charge in [-0.1, -0.05) is 96.8 Å². The fraction of sp³-hybridized carbons (Fsp3) is 1.00. The highest BCUT2D eigenvalue weighted by atomic mass is 35.5. The van der Waals surface area contributed by atoms with Gasteiger partial charge in [0.25, 0.3) is 0 Å². The van der Waals surface area contributed by atoms with Crippen LogP contribution in [-0.2, 0) is 0 Å². The van der Waals surface area contributed by atoms with Gasteiger partial charge in [0, 0.05) is 20.8 Å². The van der Waals surface area contributed by atoms with Gasteiger partial charge in [-0.2, -0.15) is 0 Å². The molecule has 0 rings (SSSR count). The number of halogens is 1. The zero-order valence-electron chi connectivity index (χ0n) is 19.9. The molecule has 0 aromatic carbocycles. The quantitative estimate of drug-likeness (QED) is 0.156. The Morgan fingerprint density at radius 1 is 0.483 bits per heavy atom. The molecule has 4 nitrogen and oxygen atoms in total. The number of hydrogen-bond acceptors (Lipinski definition) is 3. The van der Waals surface area contributed by atoms with Crippen molar-refractivity contribution in [3.63, 3.8) is 0 Å². The van der Waals surface area contributed by atoms with Crippen molar-refractivity contribution >= 4 is 0 Å². The largest absolute Gasteiger partial charge is 1.00 e. The molecule has 3 unspecified atom stereocenters. The molecule has 5 heteroatoms. The molecular weight excluding hydrogens is 386 g/mol. The molecule has 29 heavy (non-hydrogen) atoms. The molecule has 0 aliphatic heterocycles. The summed E-state index contributed by atoms with van der Waals surface area (Å²) in [5.74, 6) is 0. The van der Waals surface area contributed by atoms with Crippen molar-refractivity contribution in [1.29, 1.82) is 0 Å². The van der Waals surface area contributed by atoms with Crippen molar-refractivity contribution in [2.75, 3.05) is 6.54 Å². The molecule has 0 heterocycles. The molecule has 0 aliphatic carbocycles. The van der Waals surface area contributed by atoms with Crippen LogP contribution in [0.1, 0.15) is 130 Å². The van der Waals surface area contributed by atoms with Crippen molar-refractivity contribution in [3.8, 4) is 0 Å². The first-order valence-corrected chi connectivity index (χ1v) is 12.3. The lowest BCUT2D eigenvalue weighted by molar-refractivity contribution is -1.04. The third-order valence-electron chi connectivity index (χ3n) is 6.49. The van der Waals surface area contributed by atoms with E-state index < -0.39 is 18.7 Å². The van der Waals surface area contributed by atoms with Crippen LogP contribution >= 0.6 is 0 Å². The van der Waals surface area contributed by atoms with Crippen molar-refractivity contribution in [3.05, 3.63) is 0 Å². The van der Waals surface area contributed by atoms with E-state index in [0.717, 1.165) is 12.8 Å². The number of rotatable bonds is 20. The highest BCUT2D eigenvalue weighted by Gasteiger charge is 2.41. The first kappa shape index (κ1) is 31.3. The highest BCUT2D eigenvalue weighted by molar-refractivity contribution is 4.52. The fourth-order valence-electron chi connectivity index (χ4n) is 4.43. The van der Waals surface area contributed by atoms with Gasteiger partial charge >= 0.3 is 0 Å². The molecule has 0 bridgehead atoms. The van der Waals surface area contributed by atoms with Crippen molar-refractivity contribution in [1.82, 2.24) is 0 Å². The second-order valence-electron chi connectivity index (χ2n) is 8.92. The number of hydrogen-bond donors (Lipinski definition) is 3. The predicted molar refractivity (Wildman–Crippen MR) is 120 cm³/mol. The van der Waals surface area contributed by atoms with Crippen LogP contribution in [0.2, 0.25) is 0 Å². The van der Waals surface area contributed by atoms with Gasteiger partial charge < -0.3 is 27.7 Å². The predicted octanol–water partition coefficient (Wildman–Crippen LogP) is 3.08. The zero-order chi connectivity index (χ0) is 21.3. The van der Waals surface area contributed by atoms with Gasteiger partial charge in [-0.05, 0) is 12.8 Å². The first-order valence-electron chi connectivity index (χ1n) is 12.3. The number of aliphatic hydroxyl groups is 3. The van der Waals surface area contributed by atoms with E-state index in [1.54, 1.807) is 20.8 Å². The summed E-state index contributed by atoms with van der Waals surface area (Å²) in [5, 5.41) is 30.2. The van der Waals surface area contributed by atoms with E-state index in [1.165, 1.54) is 89.9 Å². The molecule has 178 valence electrons. The summed E-state index contributed by atoms with van der Waals surface area (Å²) in [5.41, 5.74) is 0. The zero-order valence-corrected chi connectivity index (χ0v) is 20.7. The summed E-state index contributed by atoms with van der Waals surface area (Å²) in [6.45, 7) is 7.87. The summed E-state index contributed by atoms with van der Waals surface area (Å²) in [6, 6.07) is 0. The third kappa shape index (κ3) is 13.9. The Balaban J connectivity index is 0. The topological polar surface area (TPSA) is 60.7 Å². The molecule has 0 saturated heterocycles. The fourth-order valence-corrected chi connectivity index (χ4v) is 4.43. The van der Waals surface area contributed by atoms with Gasteiger partial charge in [0.1, 0.15) is 0 Å².